The number of aryl methyl sites for hydroxylation is 2. The van der Waals surface area contributed by atoms with Crippen molar-refractivity contribution in [2.24, 2.45) is 0 Å². The summed E-state index contributed by atoms with van der Waals surface area (Å²) < 4.78 is 6.81. The molecule has 0 unspecified atom stereocenters. The summed E-state index contributed by atoms with van der Waals surface area (Å²) in [5.41, 5.74) is 2.06. The minimum Gasteiger partial charge on any atom is -0.489 e. The van der Waals surface area contributed by atoms with E-state index in [0.717, 1.165) is 31.5 Å². The number of hydrogen-bond acceptors (Lipinski definition) is 5. The minimum absolute atomic E-state index is 0.138. The second-order valence-corrected chi connectivity index (χ2v) is 4.24. The van der Waals surface area contributed by atoms with Gasteiger partial charge in [-0.1, -0.05) is 19.8 Å². The molecule has 6 nitrogen and oxygen atoms in total. The molecular formula is C12H18N4O2. The van der Waals surface area contributed by atoms with E-state index < -0.39 is 0 Å². The van der Waals surface area contributed by atoms with E-state index >= 15 is 0 Å². The van der Waals surface area contributed by atoms with Gasteiger partial charge in [-0.2, -0.15) is 10.1 Å². The predicted octanol–water partition coefficient (Wildman–Crippen LogP) is 2.04. The Morgan fingerprint density at radius 2 is 2.06 bits per heavy atom. The lowest BCUT2D eigenvalue weighted by molar-refractivity contribution is 0.350. The van der Waals surface area contributed by atoms with Crippen LogP contribution in [-0.2, 0) is 6.54 Å². The summed E-state index contributed by atoms with van der Waals surface area (Å²) in [4.78, 5) is 8.34. The molecule has 0 saturated carbocycles. The normalized spacial score (nSPS) is 11.1. The number of ether oxygens (including phenoxy) is 1. The Kier molecular flexibility index (Phi) is 3.64. The molecule has 0 aromatic carbocycles. The van der Waals surface area contributed by atoms with Crippen molar-refractivity contribution in [1.29, 1.82) is 0 Å². The third kappa shape index (κ3) is 2.23. The zero-order valence-electron chi connectivity index (χ0n) is 11.0. The third-order valence-corrected chi connectivity index (χ3v) is 2.85. The van der Waals surface area contributed by atoms with Crippen LogP contribution in [0.4, 0.5) is 0 Å². The molecule has 0 spiro atoms. The van der Waals surface area contributed by atoms with Gasteiger partial charge in [0.25, 0.3) is 11.8 Å². The van der Waals surface area contributed by atoms with Gasteiger partial charge in [-0.05, 0) is 13.3 Å². The van der Waals surface area contributed by atoms with Gasteiger partial charge < -0.3 is 9.84 Å². The first-order valence-corrected chi connectivity index (χ1v) is 6.15. The molecule has 0 radical (unpaired) electrons. The largest absolute Gasteiger partial charge is 0.489 e. The summed E-state index contributed by atoms with van der Waals surface area (Å²) in [7, 11) is 1.46. The third-order valence-electron chi connectivity index (χ3n) is 2.85. The average molecular weight is 250 g/mol. The van der Waals surface area contributed by atoms with Crippen LogP contribution in [-0.4, -0.2) is 32.0 Å². The van der Waals surface area contributed by atoms with Gasteiger partial charge in [0.2, 0.25) is 0 Å². The smallest absolute Gasteiger partial charge is 0.279 e. The Morgan fingerprint density at radius 3 is 2.72 bits per heavy atom. The summed E-state index contributed by atoms with van der Waals surface area (Å²) in [5.74, 6) is -0.0552. The minimum atomic E-state index is -0.193. The fourth-order valence-corrected chi connectivity index (χ4v) is 1.91. The van der Waals surface area contributed by atoms with Crippen LogP contribution < -0.4 is 4.74 Å². The van der Waals surface area contributed by atoms with Gasteiger partial charge in [0.15, 0.2) is 5.65 Å². The molecule has 0 bridgehead atoms. The van der Waals surface area contributed by atoms with Crippen molar-refractivity contribution >= 4 is 11.2 Å². The van der Waals surface area contributed by atoms with Crippen LogP contribution in [0, 0.1) is 6.92 Å². The summed E-state index contributed by atoms with van der Waals surface area (Å²) in [5, 5.41) is 14.0. The van der Waals surface area contributed by atoms with Gasteiger partial charge in [0.05, 0.1) is 12.8 Å². The molecule has 0 aliphatic rings. The number of methoxy groups -OCH3 is 1. The molecule has 2 heterocycles. The molecular weight excluding hydrogens is 232 g/mol. The summed E-state index contributed by atoms with van der Waals surface area (Å²) in [6.45, 7) is 4.83. The van der Waals surface area contributed by atoms with Crippen molar-refractivity contribution in [3.8, 4) is 11.8 Å². The molecule has 98 valence electrons. The predicted molar refractivity (Wildman–Crippen MR) is 67.8 cm³/mol. The van der Waals surface area contributed by atoms with Gasteiger partial charge in [-0.25, -0.2) is 9.67 Å². The van der Waals surface area contributed by atoms with Gasteiger partial charge in [-0.15, -0.1) is 0 Å². The molecule has 0 saturated heterocycles. The van der Waals surface area contributed by atoms with Crippen molar-refractivity contribution in [3.05, 3.63) is 5.69 Å². The number of hydrogen-bond donors (Lipinski definition) is 1. The quantitative estimate of drug-likeness (QED) is 0.822. The number of fused-ring (bicyclic) bond motifs is 1. The van der Waals surface area contributed by atoms with Crippen LogP contribution in [0.3, 0.4) is 0 Å². The van der Waals surface area contributed by atoms with E-state index in [-0.39, 0.29) is 11.8 Å². The number of aromatic nitrogens is 4. The van der Waals surface area contributed by atoms with Crippen LogP contribution in [0.2, 0.25) is 0 Å². The maximum atomic E-state index is 9.62. The Labute approximate surface area is 106 Å². The summed E-state index contributed by atoms with van der Waals surface area (Å²) in [6.07, 6.45) is 3.37. The fourth-order valence-electron chi connectivity index (χ4n) is 1.91. The summed E-state index contributed by atoms with van der Waals surface area (Å²) >= 11 is 0. The molecule has 18 heavy (non-hydrogen) atoms. The highest BCUT2D eigenvalue weighted by atomic mass is 16.5. The lowest BCUT2D eigenvalue weighted by Gasteiger charge is -2.04. The second-order valence-electron chi connectivity index (χ2n) is 4.24. The van der Waals surface area contributed by atoms with E-state index in [0.29, 0.717) is 11.2 Å². The Morgan fingerprint density at radius 1 is 1.28 bits per heavy atom. The molecule has 0 aliphatic carbocycles. The van der Waals surface area contributed by atoms with E-state index in [1.165, 1.54) is 7.11 Å². The zero-order valence-corrected chi connectivity index (χ0v) is 11.0. The highest BCUT2D eigenvalue weighted by Crippen LogP contribution is 2.25. The van der Waals surface area contributed by atoms with Crippen LogP contribution in [0.15, 0.2) is 0 Å². The van der Waals surface area contributed by atoms with Crippen LogP contribution >= 0.6 is 0 Å². The number of nitrogens with zero attached hydrogens (tertiary/aromatic N) is 4. The van der Waals surface area contributed by atoms with Gasteiger partial charge >= 0.3 is 0 Å². The molecule has 1 N–H and O–H groups in total. The zero-order chi connectivity index (χ0) is 13.1. The number of unbranched alkanes of at least 4 members (excludes halogenated alkanes) is 2. The topological polar surface area (TPSA) is 73.1 Å². The first-order valence-electron chi connectivity index (χ1n) is 6.15. The molecule has 0 atom stereocenters. The highest BCUT2D eigenvalue weighted by molar-refractivity contribution is 5.74. The van der Waals surface area contributed by atoms with Gasteiger partial charge in [0.1, 0.15) is 5.52 Å². The Balaban J connectivity index is 2.41. The van der Waals surface area contributed by atoms with Crippen molar-refractivity contribution in [1.82, 2.24) is 19.7 Å². The molecule has 2 rings (SSSR count). The first-order chi connectivity index (χ1) is 8.67. The molecule has 2 aromatic heterocycles. The monoisotopic (exact) mass is 250 g/mol. The van der Waals surface area contributed by atoms with E-state index in [4.69, 9.17) is 4.74 Å². The van der Waals surface area contributed by atoms with E-state index in [1.807, 2.05) is 11.6 Å². The standard InChI is InChI=1S/C12H18N4O2/c1-4-5-6-7-16-10-9(8(2)15-16)13-11(17)12(14-10)18-3/h4-7H2,1-3H3,(H,13,17). The van der Waals surface area contributed by atoms with Crippen LogP contribution in [0.1, 0.15) is 31.9 Å². The van der Waals surface area contributed by atoms with Crippen molar-refractivity contribution < 1.29 is 9.84 Å². The van der Waals surface area contributed by atoms with E-state index in [9.17, 15) is 5.11 Å². The first kappa shape index (κ1) is 12.6. The SMILES string of the molecule is CCCCCn1nc(C)c2nc(O)c(OC)nc21. The maximum absolute atomic E-state index is 9.62. The van der Waals surface area contributed by atoms with Crippen molar-refractivity contribution in [2.45, 2.75) is 39.7 Å². The van der Waals surface area contributed by atoms with Crippen LogP contribution in [0.5, 0.6) is 11.8 Å². The van der Waals surface area contributed by atoms with E-state index in [1.54, 1.807) is 0 Å². The van der Waals surface area contributed by atoms with Crippen molar-refractivity contribution in [2.75, 3.05) is 7.11 Å². The highest BCUT2D eigenvalue weighted by Gasteiger charge is 2.15. The van der Waals surface area contributed by atoms with Crippen LogP contribution in [0.25, 0.3) is 11.2 Å². The van der Waals surface area contributed by atoms with Crippen molar-refractivity contribution in [3.63, 3.8) is 0 Å². The number of aromatic hydroxyl groups is 1. The second kappa shape index (κ2) is 5.20. The van der Waals surface area contributed by atoms with Gasteiger partial charge in [0, 0.05) is 6.54 Å². The average Bonchev–Trinajstić information content (AvgIpc) is 2.65. The fraction of sp³-hybridized carbons (Fsp3) is 0.583. The Hall–Kier alpha value is -1.85. The molecule has 0 aliphatic heterocycles. The lowest BCUT2D eigenvalue weighted by atomic mass is 10.2. The summed E-state index contributed by atoms with van der Waals surface area (Å²) in [6, 6.07) is 0. The van der Waals surface area contributed by atoms with E-state index in [2.05, 4.69) is 22.0 Å². The maximum Gasteiger partial charge on any atom is 0.279 e. The van der Waals surface area contributed by atoms with Gasteiger partial charge in [-0.3, -0.25) is 0 Å². The molecule has 2 aromatic rings. The number of rotatable bonds is 5. The molecule has 0 amide bonds. The molecule has 0 fully saturated rings. The Bertz CT molecular complexity index is 550. The molecule has 6 heteroatoms. The lowest BCUT2D eigenvalue weighted by Crippen LogP contribution is -2.02.